The molecule has 0 amide bonds. The zero-order chi connectivity index (χ0) is 23.0. The molecular formula is C27H42O4. The summed E-state index contributed by atoms with van der Waals surface area (Å²) >= 11 is 0. The van der Waals surface area contributed by atoms with Crippen molar-refractivity contribution in [1.82, 2.24) is 0 Å². The molecular weight excluding hydrogens is 388 g/mol. The molecule has 0 heterocycles. The second-order valence-corrected chi connectivity index (χ2v) is 11.2. The van der Waals surface area contributed by atoms with E-state index in [-0.39, 0.29) is 23.2 Å². The van der Waals surface area contributed by atoms with Crippen molar-refractivity contribution >= 4 is 5.78 Å². The molecule has 0 saturated heterocycles. The molecule has 0 aromatic carbocycles. The molecule has 3 aliphatic carbocycles. The van der Waals surface area contributed by atoms with Gasteiger partial charge in [0.15, 0.2) is 5.78 Å². The van der Waals surface area contributed by atoms with Gasteiger partial charge in [-0.25, -0.2) is 0 Å². The van der Waals surface area contributed by atoms with Crippen LogP contribution in [0.15, 0.2) is 35.5 Å². The van der Waals surface area contributed by atoms with Gasteiger partial charge in [0.05, 0.1) is 11.7 Å². The SMILES string of the molecule is C=C1CC[C@H](O)CC1=CC=C1CCC[C@@]2(C)C1CC[C@@H]2[C@H](C)CC(=O)C(O)C(C)(C)O. The van der Waals surface area contributed by atoms with E-state index in [1.165, 1.54) is 31.4 Å². The molecule has 0 bridgehead atoms. The summed E-state index contributed by atoms with van der Waals surface area (Å²) < 4.78 is 0. The third kappa shape index (κ3) is 5.23. The molecule has 174 valence electrons. The van der Waals surface area contributed by atoms with Gasteiger partial charge in [0.1, 0.15) is 6.10 Å². The van der Waals surface area contributed by atoms with Crippen LogP contribution in [-0.4, -0.2) is 38.9 Å². The van der Waals surface area contributed by atoms with E-state index in [9.17, 15) is 20.1 Å². The molecule has 0 spiro atoms. The minimum atomic E-state index is -1.40. The Balaban J connectivity index is 1.73. The summed E-state index contributed by atoms with van der Waals surface area (Å²) in [4.78, 5) is 12.6. The number of carbonyl (C=O) groups is 1. The number of hydrogen-bond acceptors (Lipinski definition) is 4. The lowest BCUT2D eigenvalue weighted by molar-refractivity contribution is -0.141. The van der Waals surface area contributed by atoms with Crippen LogP contribution in [0, 0.1) is 23.2 Å². The topological polar surface area (TPSA) is 77.8 Å². The van der Waals surface area contributed by atoms with Crippen LogP contribution >= 0.6 is 0 Å². The van der Waals surface area contributed by atoms with Crippen LogP contribution in [0.25, 0.3) is 0 Å². The van der Waals surface area contributed by atoms with Crippen LogP contribution in [0.1, 0.15) is 85.5 Å². The second kappa shape index (κ2) is 9.33. The summed E-state index contributed by atoms with van der Waals surface area (Å²) in [6, 6.07) is 0. The number of aliphatic hydroxyl groups is 3. The van der Waals surface area contributed by atoms with Crippen molar-refractivity contribution in [3.63, 3.8) is 0 Å². The van der Waals surface area contributed by atoms with E-state index in [1.807, 2.05) is 0 Å². The number of fused-ring (bicyclic) bond motifs is 1. The Labute approximate surface area is 188 Å². The predicted molar refractivity (Wildman–Crippen MR) is 124 cm³/mol. The number of rotatable bonds is 6. The van der Waals surface area contributed by atoms with Crippen molar-refractivity contribution in [1.29, 1.82) is 0 Å². The third-order valence-corrected chi connectivity index (χ3v) is 8.41. The first-order valence-corrected chi connectivity index (χ1v) is 12.1. The fraction of sp³-hybridized carbons (Fsp3) is 0.741. The van der Waals surface area contributed by atoms with Crippen molar-refractivity contribution in [2.45, 2.75) is 103 Å². The summed E-state index contributed by atoms with van der Waals surface area (Å²) in [7, 11) is 0. The van der Waals surface area contributed by atoms with E-state index in [2.05, 4.69) is 32.6 Å². The fourth-order valence-corrected chi connectivity index (χ4v) is 6.57. The fourth-order valence-electron chi connectivity index (χ4n) is 6.57. The van der Waals surface area contributed by atoms with Crippen LogP contribution in [0.4, 0.5) is 0 Å². The number of hydrogen-bond donors (Lipinski definition) is 3. The molecule has 3 aliphatic rings. The average molecular weight is 431 g/mol. The first kappa shape index (κ1) is 24.4. The van der Waals surface area contributed by atoms with Crippen LogP contribution in [-0.2, 0) is 4.79 Å². The predicted octanol–water partition coefficient (Wildman–Crippen LogP) is 4.88. The standard InChI is InChI=1S/C27H42O4/c1-17-8-11-21(28)16-20(17)10-9-19-7-6-14-27(5)22(12-13-23(19)27)18(2)15-24(29)25(30)26(3,4)31/h9-10,18,21-23,25,28,30-31H,1,6-8,11-16H2,2-5H3/t18-,21+,22-,23?,25?,27-/m1/s1. The molecule has 3 fully saturated rings. The quantitative estimate of drug-likeness (QED) is 0.561. The Morgan fingerprint density at radius 3 is 2.65 bits per heavy atom. The number of aliphatic hydroxyl groups excluding tert-OH is 2. The lowest BCUT2D eigenvalue weighted by Crippen LogP contribution is -2.43. The van der Waals surface area contributed by atoms with Crippen LogP contribution in [0.3, 0.4) is 0 Å². The minimum absolute atomic E-state index is 0.172. The highest BCUT2D eigenvalue weighted by molar-refractivity contribution is 5.84. The van der Waals surface area contributed by atoms with Gasteiger partial charge in [-0.15, -0.1) is 0 Å². The molecule has 0 aliphatic heterocycles. The Morgan fingerprint density at radius 1 is 1.26 bits per heavy atom. The van der Waals surface area contributed by atoms with Crippen molar-refractivity contribution in [2.24, 2.45) is 23.2 Å². The maximum Gasteiger partial charge on any atom is 0.164 e. The molecule has 0 aromatic rings. The van der Waals surface area contributed by atoms with Gasteiger partial charge in [0.2, 0.25) is 0 Å². The third-order valence-electron chi connectivity index (χ3n) is 8.41. The zero-order valence-corrected chi connectivity index (χ0v) is 19.9. The van der Waals surface area contributed by atoms with Gasteiger partial charge in [0.25, 0.3) is 0 Å². The average Bonchev–Trinajstić information content (AvgIpc) is 3.04. The first-order valence-electron chi connectivity index (χ1n) is 12.1. The van der Waals surface area contributed by atoms with Gasteiger partial charge < -0.3 is 15.3 Å². The lowest BCUT2D eigenvalue weighted by atomic mass is 9.60. The Hall–Kier alpha value is -1.23. The molecule has 3 saturated carbocycles. The zero-order valence-electron chi connectivity index (χ0n) is 19.9. The monoisotopic (exact) mass is 430 g/mol. The second-order valence-electron chi connectivity index (χ2n) is 11.2. The molecule has 0 radical (unpaired) electrons. The van der Waals surface area contributed by atoms with Crippen molar-refractivity contribution < 1.29 is 20.1 Å². The molecule has 4 nitrogen and oxygen atoms in total. The normalized spacial score (nSPS) is 36.5. The Kier molecular flexibility index (Phi) is 7.35. The van der Waals surface area contributed by atoms with E-state index in [1.54, 1.807) is 0 Å². The first-order chi connectivity index (χ1) is 14.4. The van der Waals surface area contributed by atoms with Gasteiger partial charge in [-0.2, -0.15) is 0 Å². The Bertz CT molecular complexity index is 756. The van der Waals surface area contributed by atoms with E-state index in [0.717, 1.165) is 44.1 Å². The highest BCUT2D eigenvalue weighted by atomic mass is 16.3. The van der Waals surface area contributed by atoms with E-state index < -0.39 is 11.7 Å². The van der Waals surface area contributed by atoms with Crippen LogP contribution in [0.2, 0.25) is 0 Å². The highest BCUT2D eigenvalue weighted by Crippen LogP contribution is 2.59. The van der Waals surface area contributed by atoms with E-state index >= 15 is 0 Å². The van der Waals surface area contributed by atoms with Crippen LogP contribution in [0.5, 0.6) is 0 Å². The lowest BCUT2D eigenvalue weighted by Gasteiger charge is -2.44. The van der Waals surface area contributed by atoms with E-state index in [4.69, 9.17) is 0 Å². The van der Waals surface area contributed by atoms with Gasteiger partial charge >= 0.3 is 0 Å². The molecule has 6 atom stereocenters. The summed E-state index contributed by atoms with van der Waals surface area (Å²) in [6.45, 7) is 11.7. The van der Waals surface area contributed by atoms with Gasteiger partial charge in [-0.3, -0.25) is 4.79 Å². The summed E-state index contributed by atoms with van der Waals surface area (Å²) in [6.07, 6.45) is 11.3. The van der Waals surface area contributed by atoms with Crippen molar-refractivity contribution in [3.05, 3.63) is 35.5 Å². The van der Waals surface area contributed by atoms with Crippen LogP contribution < -0.4 is 0 Å². The molecule has 31 heavy (non-hydrogen) atoms. The molecule has 3 rings (SSSR count). The smallest absolute Gasteiger partial charge is 0.164 e. The summed E-state index contributed by atoms with van der Waals surface area (Å²) in [5, 5.41) is 30.2. The maximum atomic E-state index is 12.6. The largest absolute Gasteiger partial charge is 0.393 e. The van der Waals surface area contributed by atoms with Crippen molar-refractivity contribution in [3.8, 4) is 0 Å². The number of Topliss-reactive ketones (excluding diaryl/α,β-unsaturated/α-hetero) is 1. The molecule has 2 unspecified atom stereocenters. The van der Waals surface area contributed by atoms with Crippen molar-refractivity contribution in [2.75, 3.05) is 0 Å². The maximum absolute atomic E-state index is 12.6. The Morgan fingerprint density at radius 2 is 1.97 bits per heavy atom. The molecule has 3 N–H and O–H groups in total. The summed E-state index contributed by atoms with van der Waals surface area (Å²) in [5.74, 6) is 0.906. The van der Waals surface area contributed by atoms with Gasteiger partial charge in [-0.1, -0.05) is 43.7 Å². The number of allylic oxidation sites excluding steroid dienone is 4. The minimum Gasteiger partial charge on any atom is -0.393 e. The molecule has 4 heteroatoms. The summed E-state index contributed by atoms with van der Waals surface area (Å²) in [5.41, 5.74) is 2.62. The number of ketones is 1. The van der Waals surface area contributed by atoms with Gasteiger partial charge in [-0.05, 0) is 94.0 Å². The highest BCUT2D eigenvalue weighted by Gasteiger charge is 2.51. The number of carbonyl (C=O) groups excluding carboxylic acids is 1. The van der Waals surface area contributed by atoms with Gasteiger partial charge in [0, 0.05) is 6.42 Å². The van der Waals surface area contributed by atoms with E-state index in [0.29, 0.717) is 24.7 Å². The molecule has 0 aromatic heterocycles.